The van der Waals surface area contributed by atoms with Crippen LogP contribution >= 0.6 is 0 Å². The van der Waals surface area contributed by atoms with Gasteiger partial charge in [-0.25, -0.2) is 0 Å². The molecule has 0 unspecified atom stereocenters. The van der Waals surface area contributed by atoms with Crippen LogP contribution in [0.2, 0.25) is 0 Å². The molecule has 1 amide bonds. The number of hydrogen-bond donors (Lipinski definition) is 2. The molecule has 1 aromatic rings. The number of esters is 1. The second kappa shape index (κ2) is 7.34. The minimum absolute atomic E-state index is 0.141. The van der Waals surface area contributed by atoms with Gasteiger partial charge in [0, 0.05) is 26.3 Å². The van der Waals surface area contributed by atoms with E-state index in [0.29, 0.717) is 24.9 Å². The van der Waals surface area contributed by atoms with Crippen LogP contribution in [-0.4, -0.2) is 48.7 Å². The molecule has 2 aliphatic rings. The molecular formula is C19H25NO6. The molecule has 0 radical (unpaired) electrons. The van der Waals surface area contributed by atoms with E-state index in [1.165, 1.54) is 0 Å². The number of fused-ring (bicyclic) bond motifs is 1. The number of hydrogen-bond acceptors (Lipinski definition) is 6. The smallest absolute Gasteiger partial charge is 0.310 e. The zero-order valence-corrected chi connectivity index (χ0v) is 15.1. The molecule has 2 fully saturated rings. The lowest BCUT2D eigenvalue weighted by atomic mass is 9.71. The minimum Gasteiger partial charge on any atom is -0.446 e. The molecule has 1 aliphatic heterocycles. The first kappa shape index (κ1) is 18.8. The first-order chi connectivity index (χ1) is 12.4. The minimum atomic E-state index is -1.52. The molecule has 0 spiro atoms. The van der Waals surface area contributed by atoms with Crippen molar-refractivity contribution in [3.8, 4) is 0 Å². The highest BCUT2D eigenvalue weighted by Gasteiger charge is 2.65. The van der Waals surface area contributed by atoms with Gasteiger partial charge in [0.1, 0.15) is 5.60 Å². The van der Waals surface area contributed by atoms with Crippen LogP contribution in [0.25, 0.3) is 0 Å². The molecule has 1 aromatic carbocycles. The highest BCUT2D eigenvalue weighted by molar-refractivity contribution is 6.02. The van der Waals surface area contributed by atoms with Crippen LogP contribution in [0.4, 0.5) is 5.69 Å². The number of para-hydroxylation sites is 1. The normalized spacial score (nSPS) is 27.9. The second-order valence-electron chi connectivity index (χ2n) is 6.93. The molecule has 1 aliphatic carbocycles. The lowest BCUT2D eigenvalue weighted by Gasteiger charge is -2.41. The number of rotatable bonds is 6. The zero-order chi connectivity index (χ0) is 18.8. The lowest BCUT2D eigenvalue weighted by Crippen LogP contribution is -2.60. The van der Waals surface area contributed by atoms with Gasteiger partial charge in [-0.2, -0.15) is 0 Å². The molecule has 0 aromatic heterocycles. The molecule has 142 valence electrons. The highest BCUT2D eigenvalue weighted by Crippen LogP contribution is 2.48. The van der Waals surface area contributed by atoms with Crippen molar-refractivity contribution in [2.45, 2.75) is 56.0 Å². The predicted octanol–water partition coefficient (Wildman–Crippen LogP) is 1.78. The number of aliphatic hydroxyl groups is 1. The number of anilines is 1. The van der Waals surface area contributed by atoms with Gasteiger partial charge in [0.2, 0.25) is 5.60 Å². The summed E-state index contributed by atoms with van der Waals surface area (Å²) in [6, 6.07) is 7.30. The van der Waals surface area contributed by atoms with Gasteiger partial charge in [0.15, 0.2) is 6.29 Å². The number of amides is 1. The summed E-state index contributed by atoms with van der Waals surface area (Å²) in [5.41, 5.74) is -1.54. The van der Waals surface area contributed by atoms with Gasteiger partial charge in [0.05, 0.1) is 6.42 Å². The molecular weight excluding hydrogens is 338 g/mol. The Morgan fingerprint density at radius 2 is 1.96 bits per heavy atom. The maximum absolute atomic E-state index is 13.1. The Kier molecular flexibility index (Phi) is 5.32. The molecule has 2 N–H and O–H groups in total. The van der Waals surface area contributed by atoms with E-state index in [1.807, 2.05) is 12.1 Å². The van der Waals surface area contributed by atoms with Crippen LogP contribution < -0.4 is 5.32 Å². The summed E-state index contributed by atoms with van der Waals surface area (Å²) in [5, 5.41) is 13.8. The maximum Gasteiger partial charge on any atom is 0.310 e. The van der Waals surface area contributed by atoms with Crippen LogP contribution in [0.15, 0.2) is 24.3 Å². The largest absolute Gasteiger partial charge is 0.446 e. The Bertz CT molecular complexity index is 688. The Labute approximate surface area is 152 Å². The summed E-state index contributed by atoms with van der Waals surface area (Å²) in [5.74, 6) is -1.01. The van der Waals surface area contributed by atoms with Gasteiger partial charge in [-0.3, -0.25) is 9.59 Å². The van der Waals surface area contributed by atoms with Crippen molar-refractivity contribution < 1.29 is 28.9 Å². The fourth-order valence-corrected chi connectivity index (χ4v) is 3.93. The third kappa shape index (κ3) is 3.22. The van der Waals surface area contributed by atoms with Crippen molar-refractivity contribution in [1.29, 1.82) is 0 Å². The van der Waals surface area contributed by atoms with Gasteiger partial charge in [-0.05, 0) is 30.9 Å². The van der Waals surface area contributed by atoms with Crippen molar-refractivity contribution in [3.05, 3.63) is 29.8 Å². The fourth-order valence-electron chi connectivity index (χ4n) is 3.93. The number of methoxy groups -OCH3 is 2. The van der Waals surface area contributed by atoms with Crippen molar-refractivity contribution >= 4 is 17.6 Å². The molecule has 1 heterocycles. The van der Waals surface area contributed by atoms with Crippen molar-refractivity contribution in [2.24, 2.45) is 0 Å². The van der Waals surface area contributed by atoms with Crippen LogP contribution in [0, 0.1) is 0 Å². The predicted molar refractivity (Wildman–Crippen MR) is 93.4 cm³/mol. The summed E-state index contributed by atoms with van der Waals surface area (Å²) in [6.45, 7) is 0. The van der Waals surface area contributed by atoms with Crippen molar-refractivity contribution in [3.63, 3.8) is 0 Å². The molecule has 7 nitrogen and oxygen atoms in total. The maximum atomic E-state index is 13.1. The fraction of sp³-hybridized carbons (Fsp3) is 0.579. The summed E-state index contributed by atoms with van der Waals surface area (Å²) in [4.78, 5) is 25.0. The van der Waals surface area contributed by atoms with Crippen LogP contribution in [0.5, 0.6) is 0 Å². The van der Waals surface area contributed by atoms with E-state index in [-0.39, 0.29) is 6.42 Å². The Morgan fingerprint density at radius 1 is 1.27 bits per heavy atom. The van der Waals surface area contributed by atoms with E-state index >= 15 is 0 Å². The summed E-state index contributed by atoms with van der Waals surface area (Å²) in [7, 11) is 3.10. The second-order valence-corrected chi connectivity index (χ2v) is 6.93. The molecule has 26 heavy (non-hydrogen) atoms. The number of nitrogens with one attached hydrogen (secondary N) is 1. The SMILES string of the molecule is COC(Cc1ccccc1NC(=O)[C@]12CCCC[C@]1(O)CC(=O)O2)OC. The molecule has 1 saturated heterocycles. The monoisotopic (exact) mass is 363 g/mol. The van der Waals surface area contributed by atoms with Gasteiger partial charge in [0.25, 0.3) is 5.91 Å². The quantitative estimate of drug-likeness (QED) is 0.591. The third-order valence-electron chi connectivity index (χ3n) is 5.39. The number of ether oxygens (including phenoxy) is 3. The van der Waals surface area contributed by atoms with E-state index in [0.717, 1.165) is 18.4 Å². The number of benzene rings is 1. The summed E-state index contributed by atoms with van der Waals surface area (Å²) in [6.07, 6.45) is 2.05. The summed E-state index contributed by atoms with van der Waals surface area (Å²) < 4.78 is 15.9. The van der Waals surface area contributed by atoms with Gasteiger partial charge in [-0.1, -0.05) is 24.6 Å². The van der Waals surface area contributed by atoms with Crippen LogP contribution in [0.3, 0.4) is 0 Å². The first-order valence-corrected chi connectivity index (χ1v) is 8.83. The van der Waals surface area contributed by atoms with E-state index < -0.39 is 29.4 Å². The number of carbonyl (C=O) groups is 2. The highest BCUT2D eigenvalue weighted by atomic mass is 16.7. The summed E-state index contributed by atoms with van der Waals surface area (Å²) >= 11 is 0. The molecule has 0 bridgehead atoms. The first-order valence-electron chi connectivity index (χ1n) is 8.83. The Morgan fingerprint density at radius 3 is 2.69 bits per heavy atom. The molecule has 1 saturated carbocycles. The molecule has 3 rings (SSSR count). The van der Waals surface area contributed by atoms with Gasteiger partial charge < -0.3 is 24.6 Å². The van der Waals surface area contributed by atoms with Gasteiger partial charge in [-0.15, -0.1) is 0 Å². The van der Waals surface area contributed by atoms with E-state index in [9.17, 15) is 14.7 Å². The molecule has 7 heteroatoms. The lowest BCUT2D eigenvalue weighted by molar-refractivity contribution is -0.176. The third-order valence-corrected chi connectivity index (χ3v) is 5.39. The number of carbonyl (C=O) groups excluding carboxylic acids is 2. The average Bonchev–Trinajstić information content (AvgIpc) is 2.91. The average molecular weight is 363 g/mol. The molecule has 2 atom stereocenters. The van der Waals surface area contributed by atoms with Crippen LogP contribution in [0.1, 0.15) is 37.7 Å². The zero-order valence-electron chi connectivity index (χ0n) is 15.1. The van der Waals surface area contributed by atoms with E-state index in [1.54, 1.807) is 26.4 Å². The van der Waals surface area contributed by atoms with E-state index in [4.69, 9.17) is 14.2 Å². The Hall–Kier alpha value is -1.96. The standard InChI is InChI=1S/C19H25NO6/c1-24-16(25-2)11-13-7-3-4-8-14(13)20-17(22)19-10-6-5-9-18(19,23)12-15(21)26-19/h3-4,7-8,16,23H,5-6,9-12H2,1-2H3,(H,20,22)/t18-,19+/m0/s1. The van der Waals surface area contributed by atoms with E-state index in [2.05, 4.69) is 5.32 Å². The Balaban J connectivity index is 1.85. The topological polar surface area (TPSA) is 94.1 Å². The van der Waals surface area contributed by atoms with Crippen molar-refractivity contribution in [1.82, 2.24) is 0 Å². The van der Waals surface area contributed by atoms with Gasteiger partial charge >= 0.3 is 5.97 Å². The van der Waals surface area contributed by atoms with Crippen LogP contribution in [-0.2, 0) is 30.2 Å². The van der Waals surface area contributed by atoms with Crippen molar-refractivity contribution in [2.75, 3.05) is 19.5 Å².